The van der Waals surface area contributed by atoms with Gasteiger partial charge in [0.25, 0.3) is 0 Å². The monoisotopic (exact) mass is 235 g/mol. The molecule has 1 atom stereocenters. The van der Waals surface area contributed by atoms with Gasteiger partial charge < -0.3 is 10.1 Å². The van der Waals surface area contributed by atoms with Crippen LogP contribution in [0.1, 0.15) is 25.3 Å². The fourth-order valence-electron chi connectivity index (χ4n) is 1.65. The molecular formula is C14H21NO2. The highest BCUT2D eigenvalue weighted by Gasteiger charge is 2.04. The molecule has 0 heterocycles. The van der Waals surface area contributed by atoms with Crippen molar-refractivity contribution >= 4 is 5.97 Å². The lowest BCUT2D eigenvalue weighted by Crippen LogP contribution is -2.29. The zero-order valence-electron chi connectivity index (χ0n) is 10.6. The Labute approximate surface area is 103 Å². The minimum atomic E-state index is -0.159. The van der Waals surface area contributed by atoms with Gasteiger partial charge in [-0.3, -0.25) is 4.79 Å². The number of hydrogen-bond acceptors (Lipinski definition) is 3. The van der Waals surface area contributed by atoms with E-state index in [9.17, 15) is 4.79 Å². The van der Waals surface area contributed by atoms with E-state index in [1.165, 1.54) is 12.7 Å². The van der Waals surface area contributed by atoms with Gasteiger partial charge in [-0.1, -0.05) is 30.3 Å². The molecule has 0 saturated heterocycles. The van der Waals surface area contributed by atoms with Crippen molar-refractivity contribution in [1.29, 1.82) is 0 Å². The van der Waals surface area contributed by atoms with E-state index < -0.39 is 0 Å². The maximum absolute atomic E-state index is 10.9. The number of nitrogens with one attached hydrogen (secondary N) is 1. The van der Waals surface area contributed by atoms with Gasteiger partial charge in [0.1, 0.15) is 0 Å². The zero-order valence-corrected chi connectivity index (χ0v) is 10.6. The molecule has 1 N–H and O–H groups in total. The average Bonchev–Trinajstić information content (AvgIpc) is 2.37. The Hall–Kier alpha value is -1.35. The Morgan fingerprint density at radius 2 is 2.06 bits per heavy atom. The molecule has 3 nitrogen and oxygen atoms in total. The zero-order chi connectivity index (χ0) is 12.5. The molecular weight excluding hydrogens is 214 g/mol. The molecule has 1 rings (SSSR count). The first-order valence-electron chi connectivity index (χ1n) is 6.06. The van der Waals surface area contributed by atoms with Crippen LogP contribution in [0.2, 0.25) is 0 Å². The number of methoxy groups -OCH3 is 1. The van der Waals surface area contributed by atoms with E-state index in [1.807, 2.05) is 6.07 Å². The first-order valence-corrected chi connectivity index (χ1v) is 6.06. The van der Waals surface area contributed by atoms with Crippen molar-refractivity contribution in [3.63, 3.8) is 0 Å². The molecule has 17 heavy (non-hydrogen) atoms. The van der Waals surface area contributed by atoms with Gasteiger partial charge in [-0.25, -0.2) is 0 Å². The molecule has 1 aromatic carbocycles. The van der Waals surface area contributed by atoms with Gasteiger partial charge in [-0.05, 0) is 25.3 Å². The second-order valence-corrected chi connectivity index (χ2v) is 4.21. The number of carbonyl (C=O) groups is 1. The standard InChI is InChI=1S/C14H21NO2/c1-12(15-11-10-14(16)17-2)8-9-13-6-4-3-5-7-13/h3-7,12,15H,8-11H2,1-2H3/t12-/m1/s1. The van der Waals surface area contributed by atoms with Crippen LogP contribution in [0.5, 0.6) is 0 Å². The highest BCUT2D eigenvalue weighted by Crippen LogP contribution is 2.04. The topological polar surface area (TPSA) is 38.3 Å². The molecule has 0 aliphatic heterocycles. The summed E-state index contributed by atoms with van der Waals surface area (Å²) in [5.41, 5.74) is 1.36. The second-order valence-electron chi connectivity index (χ2n) is 4.21. The van der Waals surface area contributed by atoms with Gasteiger partial charge in [-0.2, -0.15) is 0 Å². The van der Waals surface area contributed by atoms with Crippen molar-refractivity contribution in [3.8, 4) is 0 Å². The summed E-state index contributed by atoms with van der Waals surface area (Å²) in [5, 5.41) is 3.32. The van der Waals surface area contributed by atoms with E-state index in [1.54, 1.807) is 0 Å². The summed E-state index contributed by atoms with van der Waals surface area (Å²) in [4.78, 5) is 10.9. The Bertz CT molecular complexity index is 324. The largest absolute Gasteiger partial charge is 0.469 e. The third-order valence-electron chi connectivity index (χ3n) is 2.76. The highest BCUT2D eigenvalue weighted by molar-refractivity contribution is 5.69. The number of ether oxygens (including phenoxy) is 1. The Morgan fingerprint density at radius 3 is 2.71 bits per heavy atom. The van der Waals surface area contributed by atoms with E-state index >= 15 is 0 Å². The molecule has 0 bridgehead atoms. The molecule has 0 fully saturated rings. The van der Waals surface area contributed by atoms with Crippen molar-refractivity contribution in [2.45, 2.75) is 32.2 Å². The number of aryl methyl sites for hydroxylation is 1. The summed E-state index contributed by atoms with van der Waals surface area (Å²) in [6.45, 7) is 2.82. The first-order chi connectivity index (χ1) is 8.22. The molecule has 94 valence electrons. The van der Waals surface area contributed by atoms with E-state index in [0.29, 0.717) is 19.0 Å². The molecule has 0 radical (unpaired) electrons. The summed E-state index contributed by atoms with van der Waals surface area (Å²) in [6.07, 6.45) is 2.57. The molecule has 0 aromatic heterocycles. The molecule has 3 heteroatoms. The number of hydrogen-bond donors (Lipinski definition) is 1. The van der Waals surface area contributed by atoms with Gasteiger partial charge in [0, 0.05) is 12.6 Å². The van der Waals surface area contributed by atoms with Crippen molar-refractivity contribution in [3.05, 3.63) is 35.9 Å². The third-order valence-corrected chi connectivity index (χ3v) is 2.76. The van der Waals surface area contributed by atoms with Crippen LogP contribution in [0.15, 0.2) is 30.3 Å². The molecule has 0 unspecified atom stereocenters. The molecule has 1 aromatic rings. The maximum Gasteiger partial charge on any atom is 0.306 e. The molecule has 0 spiro atoms. The number of esters is 1. The second kappa shape index (κ2) is 7.85. The van der Waals surface area contributed by atoms with Crippen LogP contribution in [0, 0.1) is 0 Å². The van der Waals surface area contributed by atoms with Crippen LogP contribution in [0.4, 0.5) is 0 Å². The smallest absolute Gasteiger partial charge is 0.306 e. The summed E-state index contributed by atoms with van der Waals surface area (Å²) < 4.78 is 4.58. The Balaban J connectivity index is 2.13. The van der Waals surface area contributed by atoms with Gasteiger partial charge in [0.05, 0.1) is 13.5 Å². The molecule has 0 saturated carbocycles. The van der Waals surface area contributed by atoms with Crippen LogP contribution in [-0.2, 0) is 16.0 Å². The van der Waals surface area contributed by atoms with Crippen LogP contribution in [0.3, 0.4) is 0 Å². The van der Waals surface area contributed by atoms with Crippen molar-refractivity contribution < 1.29 is 9.53 Å². The summed E-state index contributed by atoms with van der Waals surface area (Å²) >= 11 is 0. The minimum absolute atomic E-state index is 0.159. The van der Waals surface area contributed by atoms with Crippen LogP contribution < -0.4 is 5.32 Å². The summed E-state index contributed by atoms with van der Waals surface area (Å²) in [6, 6.07) is 10.8. The van der Waals surface area contributed by atoms with E-state index in [4.69, 9.17) is 0 Å². The van der Waals surface area contributed by atoms with E-state index in [0.717, 1.165) is 12.8 Å². The van der Waals surface area contributed by atoms with E-state index in [-0.39, 0.29) is 5.97 Å². The fourth-order valence-corrected chi connectivity index (χ4v) is 1.65. The average molecular weight is 235 g/mol. The summed E-state index contributed by atoms with van der Waals surface area (Å²) in [5.74, 6) is -0.159. The first kappa shape index (κ1) is 13.7. The van der Waals surface area contributed by atoms with Gasteiger partial charge in [-0.15, -0.1) is 0 Å². The lowest BCUT2D eigenvalue weighted by molar-refractivity contribution is -0.140. The van der Waals surface area contributed by atoms with Gasteiger partial charge in [0.2, 0.25) is 0 Å². The normalized spacial score (nSPS) is 12.1. The van der Waals surface area contributed by atoms with Crippen LogP contribution in [-0.4, -0.2) is 25.7 Å². The third kappa shape index (κ3) is 6.07. The number of benzene rings is 1. The quantitative estimate of drug-likeness (QED) is 0.736. The highest BCUT2D eigenvalue weighted by atomic mass is 16.5. The Morgan fingerprint density at radius 1 is 1.35 bits per heavy atom. The van der Waals surface area contributed by atoms with Crippen molar-refractivity contribution in [1.82, 2.24) is 5.32 Å². The minimum Gasteiger partial charge on any atom is -0.469 e. The van der Waals surface area contributed by atoms with E-state index in [2.05, 4.69) is 41.2 Å². The van der Waals surface area contributed by atoms with Crippen molar-refractivity contribution in [2.24, 2.45) is 0 Å². The predicted octanol–water partition coefficient (Wildman–Crippen LogP) is 2.16. The Kier molecular flexibility index (Phi) is 6.33. The van der Waals surface area contributed by atoms with Crippen LogP contribution in [0.25, 0.3) is 0 Å². The van der Waals surface area contributed by atoms with Gasteiger partial charge in [0.15, 0.2) is 0 Å². The number of rotatable bonds is 7. The lowest BCUT2D eigenvalue weighted by atomic mass is 10.1. The SMILES string of the molecule is COC(=O)CCN[C@H](C)CCc1ccccc1. The predicted molar refractivity (Wildman–Crippen MR) is 68.9 cm³/mol. The molecule has 0 aliphatic rings. The van der Waals surface area contributed by atoms with Gasteiger partial charge >= 0.3 is 5.97 Å². The molecule has 0 aliphatic carbocycles. The van der Waals surface area contributed by atoms with Crippen molar-refractivity contribution in [2.75, 3.05) is 13.7 Å². The fraction of sp³-hybridized carbons (Fsp3) is 0.500. The summed E-state index contributed by atoms with van der Waals surface area (Å²) in [7, 11) is 1.42. The van der Waals surface area contributed by atoms with Crippen LogP contribution >= 0.6 is 0 Å². The molecule has 0 amide bonds. The maximum atomic E-state index is 10.9. The lowest BCUT2D eigenvalue weighted by Gasteiger charge is -2.13. The number of carbonyl (C=O) groups excluding carboxylic acids is 1.